The molecule has 2 nitrogen and oxygen atoms in total. The lowest BCUT2D eigenvalue weighted by Gasteiger charge is -1.68. The van der Waals surface area contributed by atoms with Crippen molar-refractivity contribution in [1.29, 1.82) is 0 Å². The van der Waals surface area contributed by atoms with Crippen LogP contribution in [0.5, 0.6) is 0 Å². The summed E-state index contributed by atoms with van der Waals surface area (Å²) in [6.07, 6.45) is 0. The van der Waals surface area contributed by atoms with Crippen LogP contribution in [0.15, 0.2) is 4.99 Å². The first kappa shape index (κ1) is 6.00. The highest BCUT2D eigenvalue weighted by molar-refractivity contribution is 7.79. The fourth-order valence-electron chi connectivity index (χ4n) is 0.250. The van der Waals surface area contributed by atoms with E-state index in [0.717, 1.165) is 0 Å². The standard InChI is InChI=1S/C3H2N2S3/c1-4-2-5-3(6)8-7-2/h1H2. The minimum Gasteiger partial charge on any atom is -0.235 e. The molecule has 0 spiro atoms. The molecule has 0 atom stereocenters. The van der Waals surface area contributed by atoms with Crippen molar-refractivity contribution in [3.8, 4) is 0 Å². The quantitative estimate of drug-likeness (QED) is 0.359. The molecular weight excluding hydrogens is 160 g/mol. The fourth-order valence-corrected chi connectivity index (χ4v) is 2.03. The maximum Gasteiger partial charge on any atom is 0.220 e. The number of aliphatic imine (C=N–C) groups is 1. The maximum atomic E-state index is 4.73. The van der Waals surface area contributed by atoms with Crippen LogP contribution in [-0.2, 0) is 0 Å². The predicted octanol–water partition coefficient (Wildman–Crippen LogP) is 2.27. The van der Waals surface area contributed by atoms with Crippen LogP contribution >= 0.6 is 32.9 Å². The van der Waals surface area contributed by atoms with Gasteiger partial charge in [0.2, 0.25) is 5.13 Å². The van der Waals surface area contributed by atoms with Gasteiger partial charge in [0.25, 0.3) is 0 Å². The van der Waals surface area contributed by atoms with Crippen molar-refractivity contribution in [2.45, 2.75) is 0 Å². The van der Waals surface area contributed by atoms with Crippen molar-refractivity contribution in [3.05, 3.63) is 3.95 Å². The molecule has 0 N–H and O–H groups in total. The third-order valence-electron chi connectivity index (χ3n) is 0.510. The van der Waals surface area contributed by atoms with Crippen LogP contribution in [-0.4, -0.2) is 11.7 Å². The Bertz CT molecular complexity index is 235. The molecule has 1 heterocycles. The molecule has 0 saturated heterocycles. The Kier molecular flexibility index (Phi) is 1.82. The van der Waals surface area contributed by atoms with Gasteiger partial charge in [-0.05, 0) is 39.6 Å². The molecule has 8 heavy (non-hydrogen) atoms. The van der Waals surface area contributed by atoms with E-state index in [1.165, 1.54) is 20.7 Å². The molecule has 0 aromatic carbocycles. The van der Waals surface area contributed by atoms with E-state index in [0.29, 0.717) is 9.09 Å². The van der Waals surface area contributed by atoms with E-state index in [1.807, 2.05) is 0 Å². The summed E-state index contributed by atoms with van der Waals surface area (Å²) in [5, 5.41) is 0.667. The molecule has 1 aromatic heterocycles. The predicted molar refractivity (Wildman–Crippen MR) is 40.0 cm³/mol. The first-order chi connectivity index (χ1) is 3.83. The van der Waals surface area contributed by atoms with Gasteiger partial charge in [-0.1, -0.05) is 0 Å². The van der Waals surface area contributed by atoms with Crippen LogP contribution in [0.1, 0.15) is 0 Å². The number of aromatic nitrogens is 1. The highest BCUT2D eigenvalue weighted by Crippen LogP contribution is 2.20. The Morgan fingerprint density at radius 2 is 2.38 bits per heavy atom. The summed E-state index contributed by atoms with van der Waals surface area (Å²) < 4.78 is 0.636. The zero-order valence-electron chi connectivity index (χ0n) is 3.83. The Balaban J connectivity index is 3.18. The molecule has 0 aliphatic carbocycles. The van der Waals surface area contributed by atoms with Gasteiger partial charge < -0.3 is 0 Å². The van der Waals surface area contributed by atoms with Gasteiger partial charge in [-0.15, -0.1) is 0 Å². The minimum absolute atomic E-state index is 0.636. The fraction of sp³-hybridized carbons (Fsp3) is 0. The van der Waals surface area contributed by atoms with E-state index >= 15 is 0 Å². The van der Waals surface area contributed by atoms with Gasteiger partial charge >= 0.3 is 0 Å². The molecule has 0 aliphatic rings. The van der Waals surface area contributed by atoms with Gasteiger partial charge in [-0.2, -0.15) is 4.98 Å². The summed E-state index contributed by atoms with van der Waals surface area (Å²) >= 11 is 4.73. The van der Waals surface area contributed by atoms with Crippen LogP contribution in [0.3, 0.4) is 0 Å². The molecular formula is C3H2N2S3. The van der Waals surface area contributed by atoms with Crippen LogP contribution in [0.25, 0.3) is 0 Å². The van der Waals surface area contributed by atoms with E-state index in [9.17, 15) is 0 Å². The van der Waals surface area contributed by atoms with E-state index < -0.39 is 0 Å². The van der Waals surface area contributed by atoms with E-state index in [1.54, 1.807) is 0 Å². The molecule has 42 valence electrons. The van der Waals surface area contributed by atoms with Crippen molar-refractivity contribution in [2.75, 3.05) is 0 Å². The number of rotatable bonds is 1. The monoisotopic (exact) mass is 162 g/mol. The Labute approximate surface area is 58.9 Å². The van der Waals surface area contributed by atoms with Crippen molar-refractivity contribution in [1.82, 2.24) is 4.98 Å². The van der Waals surface area contributed by atoms with Crippen LogP contribution in [0.4, 0.5) is 5.13 Å². The summed E-state index contributed by atoms with van der Waals surface area (Å²) in [6.45, 7) is 3.30. The topological polar surface area (TPSA) is 25.2 Å². The molecule has 0 unspecified atom stereocenters. The lowest BCUT2D eigenvalue weighted by molar-refractivity contribution is 1.37. The van der Waals surface area contributed by atoms with Gasteiger partial charge in [-0.3, -0.25) is 0 Å². The molecule has 0 amide bonds. The van der Waals surface area contributed by atoms with Gasteiger partial charge in [0.05, 0.1) is 0 Å². The van der Waals surface area contributed by atoms with Crippen molar-refractivity contribution < 1.29 is 0 Å². The Hall–Kier alpha value is -0.130. The van der Waals surface area contributed by atoms with Crippen molar-refractivity contribution in [2.24, 2.45) is 4.99 Å². The summed E-state index contributed by atoms with van der Waals surface area (Å²) in [6, 6.07) is 0. The second-order valence-electron chi connectivity index (χ2n) is 0.985. The zero-order chi connectivity index (χ0) is 5.98. The number of nitrogens with zero attached hydrogens (tertiary/aromatic N) is 2. The average molecular weight is 162 g/mol. The summed E-state index contributed by atoms with van der Waals surface area (Å²) in [7, 11) is 2.89. The third kappa shape index (κ3) is 1.18. The smallest absolute Gasteiger partial charge is 0.220 e. The molecule has 0 fully saturated rings. The van der Waals surface area contributed by atoms with Gasteiger partial charge in [0.1, 0.15) is 0 Å². The van der Waals surface area contributed by atoms with Gasteiger partial charge in [0.15, 0.2) is 3.95 Å². The van der Waals surface area contributed by atoms with Crippen molar-refractivity contribution >= 4 is 44.7 Å². The molecule has 0 saturated carbocycles. The largest absolute Gasteiger partial charge is 0.235 e. The summed E-state index contributed by atoms with van der Waals surface area (Å²) in [5.41, 5.74) is 0. The minimum atomic E-state index is 0.636. The zero-order valence-corrected chi connectivity index (χ0v) is 6.28. The van der Waals surface area contributed by atoms with E-state index in [4.69, 9.17) is 12.2 Å². The molecule has 1 rings (SSSR count). The average Bonchev–Trinajstić information content (AvgIpc) is 2.14. The highest BCUT2D eigenvalue weighted by Gasteiger charge is 1.88. The van der Waals surface area contributed by atoms with E-state index in [2.05, 4.69) is 16.7 Å². The van der Waals surface area contributed by atoms with Crippen LogP contribution < -0.4 is 0 Å². The molecule has 1 aromatic rings. The highest BCUT2D eigenvalue weighted by atomic mass is 32.9. The number of hydrogen-bond donors (Lipinski definition) is 0. The SMILES string of the molecule is C=Nc1nc(=S)ss1. The first-order valence-electron chi connectivity index (χ1n) is 1.77. The lowest BCUT2D eigenvalue weighted by atomic mass is 11.2. The second-order valence-corrected chi connectivity index (χ2v) is 3.72. The summed E-state index contributed by atoms with van der Waals surface area (Å²) in [5.74, 6) is 0. The number of hydrogen-bond acceptors (Lipinski definition) is 5. The second kappa shape index (κ2) is 2.43. The molecule has 5 heteroatoms. The Morgan fingerprint density at radius 3 is 2.62 bits per heavy atom. The van der Waals surface area contributed by atoms with E-state index in [-0.39, 0.29) is 0 Å². The van der Waals surface area contributed by atoms with Gasteiger partial charge in [-0.25, -0.2) is 4.99 Å². The van der Waals surface area contributed by atoms with Crippen molar-refractivity contribution in [3.63, 3.8) is 0 Å². The third-order valence-corrected chi connectivity index (χ3v) is 3.02. The lowest BCUT2D eigenvalue weighted by Crippen LogP contribution is -1.54. The van der Waals surface area contributed by atoms with Crippen LogP contribution in [0, 0.1) is 3.95 Å². The molecule has 0 bridgehead atoms. The normalized spacial score (nSPS) is 9.00. The maximum absolute atomic E-state index is 4.73. The van der Waals surface area contributed by atoms with Gasteiger partial charge in [0, 0.05) is 0 Å². The first-order valence-corrected chi connectivity index (χ1v) is 4.32. The summed E-state index contributed by atoms with van der Waals surface area (Å²) in [4.78, 5) is 7.44. The van der Waals surface area contributed by atoms with Crippen LogP contribution in [0.2, 0.25) is 0 Å². The molecule has 0 radical (unpaired) electrons. The Morgan fingerprint density at radius 1 is 1.62 bits per heavy atom. The molecule has 0 aliphatic heterocycles.